The van der Waals surface area contributed by atoms with Gasteiger partial charge in [0, 0.05) is 3.57 Å². The van der Waals surface area contributed by atoms with Crippen LogP contribution in [-0.2, 0) is 6.18 Å². The molecule has 1 nitrogen and oxygen atoms in total. The highest BCUT2D eigenvalue weighted by Gasteiger charge is 2.35. The molecule has 0 aliphatic heterocycles. The van der Waals surface area contributed by atoms with Crippen molar-refractivity contribution < 1.29 is 13.2 Å². The third-order valence-electron chi connectivity index (χ3n) is 1.64. The van der Waals surface area contributed by atoms with E-state index >= 15 is 0 Å². The third kappa shape index (κ3) is 2.18. The van der Waals surface area contributed by atoms with Crippen LogP contribution >= 0.6 is 22.6 Å². The molecule has 0 aromatic heterocycles. The van der Waals surface area contributed by atoms with Crippen molar-refractivity contribution in [2.45, 2.75) is 13.1 Å². The van der Waals surface area contributed by atoms with Crippen LogP contribution in [-0.4, -0.2) is 0 Å². The Hall–Kier alpha value is -0.770. The van der Waals surface area contributed by atoms with Gasteiger partial charge in [-0.05, 0) is 47.2 Å². The van der Waals surface area contributed by atoms with E-state index in [1.54, 1.807) is 35.6 Å². The van der Waals surface area contributed by atoms with Crippen LogP contribution < -0.4 is 0 Å². The van der Waals surface area contributed by atoms with Gasteiger partial charge >= 0.3 is 6.18 Å². The number of hydrogen-bond acceptors (Lipinski definition) is 1. The first kappa shape index (κ1) is 11.3. The first-order valence-corrected chi connectivity index (χ1v) is 4.71. The monoisotopic (exact) mass is 311 g/mol. The largest absolute Gasteiger partial charge is 0.418 e. The second-order valence-corrected chi connectivity index (χ2v) is 3.94. The molecule has 0 heterocycles. The fourth-order valence-corrected chi connectivity index (χ4v) is 2.21. The molecular weight excluding hydrogens is 306 g/mol. The number of halogens is 4. The molecule has 14 heavy (non-hydrogen) atoms. The second kappa shape index (κ2) is 3.77. The zero-order valence-electron chi connectivity index (χ0n) is 7.11. The average Bonchev–Trinajstić information content (AvgIpc) is 1.99. The predicted octanol–water partition coefficient (Wildman–Crippen LogP) is 3.49. The van der Waals surface area contributed by atoms with Gasteiger partial charge in [0.1, 0.15) is 0 Å². The Bertz CT molecular complexity index is 404. The Morgan fingerprint density at radius 1 is 1.36 bits per heavy atom. The summed E-state index contributed by atoms with van der Waals surface area (Å²) in [5.74, 6) is 0. The summed E-state index contributed by atoms with van der Waals surface area (Å²) in [5, 5.41) is 8.58. The van der Waals surface area contributed by atoms with Crippen molar-refractivity contribution in [2.24, 2.45) is 0 Å². The van der Waals surface area contributed by atoms with Gasteiger partial charge in [-0.15, -0.1) is 0 Å². The molecule has 1 aromatic carbocycles. The Balaban J connectivity index is 3.51. The Morgan fingerprint density at radius 2 is 1.93 bits per heavy atom. The zero-order chi connectivity index (χ0) is 10.9. The van der Waals surface area contributed by atoms with Gasteiger partial charge in [0.15, 0.2) is 0 Å². The molecule has 1 rings (SSSR count). The van der Waals surface area contributed by atoms with Crippen LogP contribution in [0.4, 0.5) is 13.2 Å². The highest BCUT2D eigenvalue weighted by Crippen LogP contribution is 2.35. The lowest BCUT2D eigenvalue weighted by Gasteiger charge is -2.11. The summed E-state index contributed by atoms with van der Waals surface area (Å²) in [4.78, 5) is 0. The molecule has 1 aromatic rings. The van der Waals surface area contributed by atoms with Crippen LogP contribution in [0.2, 0.25) is 0 Å². The molecule has 0 radical (unpaired) electrons. The summed E-state index contributed by atoms with van der Waals surface area (Å²) in [6.07, 6.45) is -4.46. The number of alkyl halides is 3. The maximum absolute atomic E-state index is 12.5. The highest BCUT2D eigenvalue weighted by atomic mass is 127. The van der Waals surface area contributed by atoms with E-state index in [-0.39, 0.29) is 9.13 Å². The molecule has 0 saturated carbocycles. The maximum atomic E-state index is 12.5. The highest BCUT2D eigenvalue weighted by molar-refractivity contribution is 14.1. The van der Waals surface area contributed by atoms with Crippen LogP contribution in [0.25, 0.3) is 0 Å². The number of hydrogen-bond donors (Lipinski definition) is 0. The summed E-state index contributed by atoms with van der Waals surface area (Å²) >= 11 is 1.59. The molecule has 5 heteroatoms. The lowest BCUT2D eigenvalue weighted by molar-refractivity contribution is -0.138. The van der Waals surface area contributed by atoms with Crippen LogP contribution in [0.5, 0.6) is 0 Å². The predicted molar refractivity (Wildman–Crippen MR) is 53.6 cm³/mol. The van der Waals surface area contributed by atoms with Crippen molar-refractivity contribution in [3.05, 3.63) is 32.4 Å². The van der Waals surface area contributed by atoms with Gasteiger partial charge in [0.05, 0.1) is 17.2 Å². The van der Waals surface area contributed by atoms with Crippen molar-refractivity contribution in [1.29, 1.82) is 5.26 Å². The van der Waals surface area contributed by atoms with Gasteiger partial charge in [0.2, 0.25) is 0 Å². The van der Waals surface area contributed by atoms with E-state index in [2.05, 4.69) is 0 Å². The second-order valence-electron chi connectivity index (χ2n) is 2.78. The summed E-state index contributed by atoms with van der Waals surface area (Å²) in [6, 6.07) is 4.21. The number of nitrogens with zero attached hydrogens (tertiary/aromatic N) is 1. The van der Waals surface area contributed by atoms with Crippen molar-refractivity contribution in [2.75, 3.05) is 0 Å². The van der Waals surface area contributed by atoms with Gasteiger partial charge in [-0.25, -0.2) is 0 Å². The van der Waals surface area contributed by atoms with Crippen LogP contribution in [0.3, 0.4) is 0 Å². The SMILES string of the molecule is Cc1cc(I)c(C(F)(F)F)c(C#N)c1. The van der Waals surface area contributed by atoms with Gasteiger partial charge < -0.3 is 0 Å². The van der Waals surface area contributed by atoms with E-state index in [0.29, 0.717) is 5.56 Å². The first-order valence-electron chi connectivity index (χ1n) is 3.63. The van der Waals surface area contributed by atoms with Gasteiger partial charge in [-0.2, -0.15) is 18.4 Å². The minimum atomic E-state index is -4.46. The van der Waals surface area contributed by atoms with Gasteiger partial charge in [-0.3, -0.25) is 0 Å². The van der Waals surface area contributed by atoms with Gasteiger partial charge in [0.25, 0.3) is 0 Å². The van der Waals surface area contributed by atoms with E-state index in [9.17, 15) is 13.2 Å². The van der Waals surface area contributed by atoms with E-state index in [1.807, 2.05) is 0 Å². The lowest BCUT2D eigenvalue weighted by Crippen LogP contribution is -2.10. The molecule has 0 N–H and O–H groups in total. The van der Waals surface area contributed by atoms with E-state index in [4.69, 9.17) is 5.26 Å². The smallest absolute Gasteiger partial charge is 0.192 e. The van der Waals surface area contributed by atoms with E-state index in [1.165, 1.54) is 12.1 Å². The quantitative estimate of drug-likeness (QED) is 0.673. The molecule has 0 saturated heterocycles. The first-order chi connectivity index (χ1) is 6.36. The minimum absolute atomic E-state index is 0.0617. The molecule has 0 amide bonds. The fourth-order valence-electron chi connectivity index (χ4n) is 1.12. The van der Waals surface area contributed by atoms with E-state index in [0.717, 1.165) is 0 Å². The number of benzene rings is 1. The van der Waals surface area contributed by atoms with Crippen molar-refractivity contribution in [3.63, 3.8) is 0 Å². The van der Waals surface area contributed by atoms with E-state index < -0.39 is 11.7 Å². The summed E-state index contributed by atoms with van der Waals surface area (Å²) in [6.45, 7) is 1.66. The van der Waals surface area contributed by atoms with Crippen molar-refractivity contribution in [1.82, 2.24) is 0 Å². The van der Waals surface area contributed by atoms with Crippen LogP contribution in [0, 0.1) is 21.8 Å². The summed E-state index contributed by atoms with van der Waals surface area (Å²) in [5.41, 5.74) is -0.507. The van der Waals surface area contributed by atoms with Crippen molar-refractivity contribution >= 4 is 22.6 Å². The molecule has 0 aliphatic carbocycles. The Morgan fingerprint density at radius 3 is 2.36 bits per heavy atom. The number of rotatable bonds is 0. The molecule has 0 bridgehead atoms. The number of aryl methyl sites for hydroxylation is 1. The minimum Gasteiger partial charge on any atom is -0.192 e. The Labute approximate surface area is 92.7 Å². The van der Waals surface area contributed by atoms with Crippen LogP contribution in [0.15, 0.2) is 12.1 Å². The molecule has 0 unspecified atom stereocenters. The molecule has 74 valence electrons. The lowest BCUT2D eigenvalue weighted by atomic mass is 10.1. The normalized spacial score (nSPS) is 11.1. The zero-order valence-corrected chi connectivity index (χ0v) is 9.27. The third-order valence-corrected chi connectivity index (χ3v) is 2.49. The Kier molecular flexibility index (Phi) is 3.04. The number of nitriles is 1. The molecule has 0 aliphatic rings. The topological polar surface area (TPSA) is 23.8 Å². The van der Waals surface area contributed by atoms with Gasteiger partial charge in [-0.1, -0.05) is 0 Å². The maximum Gasteiger partial charge on any atom is 0.418 e. The molecule has 0 fully saturated rings. The molecule has 0 atom stereocenters. The molecule has 0 spiro atoms. The molecular formula is C9H5F3IN. The average molecular weight is 311 g/mol. The standard InChI is InChI=1S/C9H5F3IN/c1-5-2-6(4-14)8(7(13)3-5)9(10,11)12/h2-3H,1H3. The summed E-state index contributed by atoms with van der Waals surface area (Å²) < 4.78 is 37.5. The fraction of sp³-hybridized carbons (Fsp3) is 0.222. The van der Waals surface area contributed by atoms with Crippen molar-refractivity contribution in [3.8, 4) is 6.07 Å². The summed E-state index contributed by atoms with van der Waals surface area (Å²) in [7, 11) is 0. The van der Waals surface area contributed by atoms with Crippen LogP contribution in [0.1, 0.15) is 16.7 Å².